The van der Waals surface area contributed by atoms with Crippen molar-refractivity contribution >= 4 is 5.97 Å². The molecular weight excluding hydrogens is 324 g/mol. The summed E-state index contributed by atoms with van der Waals surface area (Å²) in [6.45, 7) is 4.45. The molecule has 1 unspecified atom stereocenters. The number of unbranched alkanes of at least 4 members (excludes halogenated alkanes) is 3. The first-order chi connectivity index (χ1) is 12.6. The van der Waals surface area contributed by atoms with Crippen molar-refractivity contribution in [2.75, 3.05) is 13.7 Å². The summed E-state index contributed by atoms with van der Waals surface area (Å²) in [5.74, 6) is -0.316. The van der Waals surface area contributed by atoms with Crippen LogP contribution >= 0.6 is 0 Å². The zero-order valence-electron chi connectivity index (χ0n) is 16.2. The number of hydrogen-bond acceptors (Lipinski definition) is 3. The Morgan fingerprint density at radius 1 is 0.923 bits per heavy atom. The Morgan fingerprint density at radius 3 is 2.12 bits per heavy atom. The van der Waals surface area contributed by atoms with Gasteiger partial charge in [0.2, 0.25) is 0 Å². The average molecular weight is 354 g/mol. The fraction of sp³-hybridized carbons (Fsp3) is 0.435. The van der Waals surface area contributed by atoms with Gasteiger partial charge < -0.3 is 9.47 Å². The third-order valence-corrected chi connectivity index (χ3v) is 4.44. The molecule has 0 aromatic heterocycles. The largest absolute Gasteiger partial charge is 0.457 e. The van der Waals surface area contributed by atoms with Gasteiger partial charge >= 0.3 is 5.97 Å². The molecule has 0 aliphatic carbocycles. The number of carbonyl (C=O) groups is 1. The number of rotatable bonds is 10. The molecule has 2 aromatic rings. The van der Waals surface area contributed by atoms with E-state index >= 15 is 0 Å². The maximum atomic E-state index is 12.1. The minimum atomic E-state index is -0.316. The van der Waals surface area contributed by atoms with E-state index in [9.17, 15) is 4.79 Å². The summed E-state index contributed by atoms with van der Waals surface area (Å²) < 4.78 is 10.3. The normalized spacial score (nSPS) is 12.0. The lowest BCUT2D eigenvalue weighted by atomic mass is 10.0. The highest BCUT2D eigenvalue weighted by molar-refractivity contribution is 5.90. The molecule has 1 atom stereocenters. The molecule has 0 aliphatic rings. The van der Waals surface area contributed by atoms with Gasteiger partial charge in [-0.15, -0.1) is 0 Å². The molecule has 0 amide bonds. The van der Waals surface area contributed by atoms with E-state index in [-0.39, 0.29) is 12.1 Å². The predicted molar refractivity (Wildman–Crippen MR) is 106 cm³/mol. The van der Waals surface area contributed by atoms with Crippen molar-refractivity contribution in [1.82, 2.24) is 0 Å². The third kappa shape index (κ3) is 6.30. The lowest BCUT2D eigenvalue weighted by molar-refractivity contribution is 0.0120. The molecule has 0 heterocycles. The number of methoxy groups -OCH3 is 1. The smallest absolute Gasteiger partial charge is 0.338 e. The van der Waals surface area contributed by atoms with Crippen molar-refractivity contribution in [3.8, 4) is 11.1 Å². The monoisotopic (exact) mass is 354 g/mol. The van der Waals surface area contributed by atoms with Gasteiger partial charge in [0.05, 0.1) is 12.2 Å². The summed E-state index contributed by atoms with van der Waals surface area (Å²) in [6, 6.07) is 16.3. The molecule has 0 saturated carbocycles. The zero-order chi connectivity index (χ0) is 18.8. The van der Waals surface area contributed by atoms with Crippen molar-refractivity contribution in [3.05, 3.63) is 59.7 Å². The maximum Gasteiger partial charge on any atom is 0.338 e. The van der Waals surface area contributed by atoms with Gasteiger partial charge in [-0.25, -0.2) is 4.79 Å². The highest BCUT2D eigenvalue weighted by atomic mass is 16.6. The predicted octanol–water partition coefficient (Wildman–Crippen LogP) is 5.67. The Balaban J connectivity index is 1.94. The Hall–Kier alpha value is -2.13. The zero-order valence-corrected chi connectivity index (χ0v) is 16.2. The third-order valence-electron chi connectivity index (χ3n) is 4.44. The molecule has 26 heavy (non-hydrogen) atoms. The molecule has 2 aromatic carbocycles. The van der Waals surface area contributed by atoms with E-state index in [2.05, 4.69) is 31.2 Å². The van der Waals surface area contributed by atoms with Crippen molar-refractivity contribution in [2.45, 2.75) is 52.1 Å². The molecule has 3 heteroatoms. The number of hydrogen-bond donors (Lipinski definition) is 0. The van der Waals surface area contributed by atoms with Crippen molar-refractivity contribution in [1.29, 1.82) is 0 Å². The van der Waals surface area contributed by atoms with Gasteiger partial charge in [0.1, 0.15) is 6.10 Å². The number of benzene rings is 2. The molecule has 0 spiro atoms. The van der Waals surface area contributed by atoms with E-state index in [1.807, 2.05) is 31.2 Å². The van der Waals surface area contributed by atoms with Crippen LogP contribution in [0.25, 0.3) is 11.1 Å². The van der Waals surface area contributed by atoms with Crippen LogP contribution in [0, 0.1) is 0 Å². The van der Waals surface area contributed by atoms with Crippen molar-refractivity contribution in [3.63, 3.8) is 0 Å². The molecular formula is C23H30O3. The fourth-order valence-electron chi connectivity index (χ4n) is 2.94. The van der Waals surface area contributed by atoms with Gasteiger partial charge in [-0.1, -0.05) is 62.6 Å². The summed E-state index contributed by atoms with van der Waals surface area (Å²) in [5, 5.41) is 0. The van der Waals surface area contributed by atoms with Gasteiger partial charge in [0.15, 0.2) is 0 Å². The van der Waals surface area contributed by atoms with E-state index < -0.39 is 0 Å². The molecule has 0 aliphatic heterocycles. The first-order valence-electron chi connectivity index (χ1n) is 9.53. The first kappa shape index (κ1) is 20.2. The van der Waals surface area contributed by atoms with Crippen LogP contribution < -0.4 is 0 Å². The Kier molecular flexibility index (Phi) is 8.36. The summed E-state index contributed by atoms with van der Waals surface area (Å²) in [4.78, 5) is 12.1. The Bertz CT molecular complexity index is 659. The van der Waals surface area contributed by atoms with Crippen LogP contribution in [0.2, 0.25) is 0 Å². The summed E-state index contributed by atoms with van der Waals surface area (Å²) in [5.41, 5.74) is 4.21. The lowest BCUT2D eigenvalue weighted by Crippen LogP contribution is -2.19. The Labute approximate surface area is 157 Å². The topological polar surface area (TPSA) is 35.5 Å². The van der Waals surface area contributed by atoms with E-state index in [0.717, 1.165) is 17.5 Å². The fourth-order valence-corrected chi connectivity index (χ4v) is 2.94. The molecule has 0 bridgehead atoms. The number of ether oxygens (including phenoxy) is 2. The van der Waals surface area contributed by atoms with Crippen LogP contribution in [0.3, 0.4) is 0 Å². The molecule has 2 rings (SSSR count). The van der Waals surface area contributed by atoms with Crippen LogP contribution in [-0.4, -0.2) is 25.8 Å². The molecule has 3 nitrogen and oxygen atoms in total. The highest BCUT2D eigenvalue weighted by Crippen LogP contribution is 2.21. The van der Waals surface area contributed by atoms with E-state index in [1.165, 1.54) is 31.2 Å². The molecule has 140 valence electrons. The van der Waals surface area contributed by atoms with Crippen LogP contribution in [0.5, 0.6) is 0 Å². The van der Waals surface area contributed by atoms with Gasteiger partial charge in [-0.05, 0) is 48.6 Å². The molecule has 0 saturated heterocycles. The van der Waals surface area contributed by atoms with Crippen LogP contribution in [0.15, 0.2) is 48.5 Å². The molecule has 0 radical (unpaired) electrons. The van der Waals surface area contributed by atoms with Crippen LogP contribution in [-0.2, 0) is 15.9 Å². The first-order valence-corrected chi connectivity index (χ1v) is 9.53. The van der Waals surface area contributed by atoms with Crippen molar-refractivity contribution < 1.29 is 14.3 Å². The number of esters is 1. The second kappa shape index (κ2) is 10.8. The maximum absolute atomic E-state index is 12.1. The van der Waals surface area contributed by atoms with E-state index in [0.29, 0.717) is 12.2 Å². The van der Waals surface area contributed by atoms with Crippen LogP contribution in [0.4, 0.5) is 0 Å². The molecule has 0 N–H and O–H groups in total. The molecule has 0 fully saturated rings. The SMILES string of the molecule is CCCCCCc1ccc(-c2ccc(C(=O)OC(C)COC)cc2)cc1. The van der Waals surface area contributed by atoms with Gasteiger partial charge in [-0.2, -0.15) is 0 Å². The van der Waals surface area contributed by atoms with E-state index in [4.69, 9.17) is 9.47 Å². The standard InChI is InChI=1S/C23H30O3/c1-4-5-6-7-8-19-9-11-20(12-10-19)21-13-15-22(16-14-21)23(24)26-18(2)17-25-3/h9-16,18H,4-8,17H2,1-3H3. The second-order valence-electron chi connectivity index (χ2n) is 6.76. The van der Waals surface area contributed by atoms with Crippen molar-refractivity contribution in [2.24, 2.45) is 0 Å². The van der Waals surface area contributed by atoms with E-state index in [1.54, 1.807) is 7.11 Å². The lowest BCUT2D eigenvalue weighted by Gasteiger charge is -2.12. The van der Waals surface area contributed by atoms with Gasteiger partial charge in [0, 0.05) is 7.11 Å². The quantitative estimate of drug-likeness (QED) is 0.407. The number of aryl methyl sites for hydroxylation is 1. The average Bonchev–Trinajstić information content (AvgIpc) is 2.66. The van der Waals surface area contributed by atoms with Crippen LogP contribution in [0.1, 0.15) is 55.5 Å². The van der Waals surface area contributed by atoms with Gasteiger partial charge in [-0.3, -0.25) is 0 Å². The number of carbonyl (C=O) groups excluding carboxylic acids is 1. The minimum Gasteiger partial charge on any atom is -0.457 e. The summed E-state index contributed by atoms with van der Waals surface area (Å²) in [6.07, 6.45) is 6.04. The summed E-state index contributed by atoms with van der Waals surface area (Å²) >= 11 is 0. The van der Waals surface area contributed by atoms with Gasteiger partial charge in [0.25, 0.3) is 0 Å². The highest BCUT2D eigenvalue weighted by Gasteiger charge is 2.12. The summed E-state index contributed by atoms with van der Waals surface area (Å²) in [7, 11) is 1.59. The minimum absolute atomic E-state index is 0.253. The Morgan fingerprint density at radius 2 is 1.54 bits per heavy atom. The second-order valence-corrected chi connectivity index (χ2v) is 6.76.